The number of benzene rings is 2. The summed E-state index contributed by atoms with van der Waals surface area (Å²) in [5.74, 6) is 14.2. The first-order valence-corrected chi connectivity index (χ1v) is 27.3. The molecule has 0 bridgehead atoms. The monoisotopic (exact) mass is 927 g/mol. The van der Waals surface area contributed by atoms with Gasteiger partial charge in [-0.1, -0.05) is 254 Å². The Kier molecular flexibility index (Phi) is 42.4. The van der Waals surface area contributed by atoms with E-state index in [1.807, 2.05) is 12.2 Å². The molecule has 0 saturated carbocycles. The number of aryl methyl sites for hydroxylation is 2. The van der Waals surface area contributed by atoms with Crippen molar-refractivity contribution in [1.82, 2.24) is 0 Å². The van der Waals surface area contributed by atoms with E-state index in [9.17, 15) is 0 Å². The normalized spacial score (nSPS) is 11.4. The second kappa shape index (κ2) is 46.0. The van der Waals surface area contributed by atoms with Crippen molar-refractivity contribution < 1.29 is 16.5 Å². The molecule has 0 aliphatic carbocycles. The maximum absolute atomic E-state index is 5.31. The zero-order chi connectivity index (χ0) is 45.6. The van der Waals surface area contributed by atoms with Crippen molar-refractivity contribution in [3.05, 3.63) is 85.0 Å². The van der Waals surface area contributed by atoms with E-state index in [0.717, 1.165) is 75.6 Å². The van der Waals surface area contributed by atoms with Gasteiger partial charge in [0.05, 0.1) is 11.4 Å². The van der Waals surface area contributed by atoms with Crippen LogP contribution in [0.25, 0.3) is 0 Å². The van der Waals surface area contributed by atoms with Crippen molar-refractivity contribution in [3.63, 3.8) is 0 Å². The molecular weight excluding hydrogens is 831 g/mol. The van der Waals surface area contributed by atoms with Gasteiger partial charge in [0.15, 0.2) is 0 Å². The fourth-order valence-electron chi connectivity index (χ4n) is 8.52. The van der Waals surface area contributed by atoms with Crippen LogP contribution in [0.3, 0.4) is 0 Å². The molecule has 0 heterocycles. The van der Waals surface area contributed by atoms with Crippen LogP contribution in [0.1, 0.15) is 256 Å². The van der Waals surface area contributed by atoms with Gasteiger partial charge in [-0.25, -0.2) is 9.98 Å². The van der Waals surface area contributed by atoms with Crippen molar-refractivity contribution in [1.29, 1.82) is 0 Å². The Hall–Kier alpha value is -3.13. The average molecular weight is 928 g/mol. The van der Waals surface area contributed by atoms with Gasteiger partial charge in [-0.15, -0.1) is 13.2 Å². The maximum Gasteiger partial charge on any atom is 0.148 e. The van der Waals surface area contributed by atoms with Crippen molar-refractivity contribution in [2.45, 2.75) is 258 Å². The summed E-state index contributed by atoms with van der Waals surface area (Å²) in [6.07, 6.45) is 52.8. The number of nitrogens with zero attached hydrogens (tertiary/aromatic N) is 2. The molecule has 0 aromatic heterocycles. The SMILES string of the molecule is C=CCCCc1ccccc1/N=C(C#CCCCCCCCCCCCCC)/C(C#CCCCCCCCCCCCCCCCCCCCCC)=N/c1ccccc1CCCC=C.[Ni]. The quantitative estimate of drug-likeness (QED) is 0.0209. The molecule has 0 aliphatic heterocycles. The third-order valence-electron chi connectivity index (χ3n) is 12.6. The molecule has 0 unspecified atom stereocenters. The number of unbranched alkanes of at least 4 members (excludes halogenated alkanes) is 32. The molecule has 0 atom stereocenters. The summed E-state index contributed by atoms with van der Waals surface area (Å²) in [6, 6.07) is 17.1. The van der Waals surface area contributed by atoms with Crippen molar-refractivity contribution in [2.75, 3.05) is 0 Å². The summed E-state index contributed by atoms with van der Waals surface area (Å²) in [7, 11) is 0. The largest absolute Gasteiger partial charge is 0.237 e. The van der Waals surface area contributed by atoms with Crippen LogP contribution >= 0.6 is 0 Å². The van der Waals surface area contributed by atoms with E-state index in [1.165, 1.54) is 191 Å². The maximum atomic E-state index is 5.31. The van der Waals surface area contributed by atoms with Crippen molar-refractivity contribution in [2.24, 2.45) is 9.98 Å². The molecule has 0 spiro atoms. The molecular formula is C62H96N2Ni. The second-order valence-electron chi connectivity index (χ2n) is 18.5. The molecule has 0 fully saturated rings. The van der Waals surface area contributed by atoms with Crippen LogP contribution in [-0.4, -0.2) is 11.4 Å². The number of hydrogen-bond acceptors (Lipinski definition) is 2. The smallest absolute Gasteiger partial charge is 0.148 e. The predicted molar refractivity (Wildman–Crippen MR) is 288 cm³/mol. The predicted octanol–water partition coefficient (Wildman–Crippen LogP) is 20.1. The summed E-state index contributed by atoms with van der Waals surface area (Å²) < 4.78 is 0. The van der Waals surface area contributed by atoms with Crippen molar-refractivity contribution >= 4 is 22.8 Å². The topological polar surface area (TPSA) is 24.7 Å². The average Bonchev–Trinajstić information content (AvgIpc) is 3.31. The molecule has 0 N–H and O–H groups in total. The van der Waals surface area contributed by atoms with Gasteiger partial charge >= 0.3 is 0 Å². The van der Waals surface area contributed by atoms with Crippen LogP contribution < -0.4 is 0 Å². The number of hydrogen-bond donors (Lipinski definition) is 0. The molecule has 2 nitrogen and oxygen atoms in total. The molecule has 0 radical (unpaired) electrons. The Morgan fingerprint density at radius 3 is 0.969 bits per heavy atom. The summed E-state index contributed by atoms with van der Waals surface area (Å²) in [5.41, 5.74) is 5.81. The number of aliphatic imine (C=N–C) groups is 2. The first-order valence-electron chi connectivity index (χ1n) is 27.3. The molecule has 2 aromatic carbocycles. The molecule has 0 aliphatic rings. The minimum Gasteiger partial charge on any atom is -0.237 e. The number of rotatable bonds is 41. The van der Waals surface area contributed by atoms with Crippen molar-refractivity contribution in [3.8, 4) is 23.7 Å². The summed E-state index contributed by atoms with van der Waals surface area (Å²) in [5, 5.41) is 0. The van der Waals surface area contributed by atoms with E-state index < -0.39 is 0 Å². The first kappa shape index (κ1) is 59.9. The fourth-order valence-corrected chi connectivity index (χ4v) is 8.52. The molecule has 3 heteroatoms. The van der Waals surface area contributed by atoms with Gasteiger partial charge in [0.1, 0.15) is 11.4 Å². The van der Waals surface area contributed by atoms with E-state index in [-0.39, 0.29) is 16.5 Å². The van der Waals surface area contributed by atoms with Crippen LogP contribution in [0, 0.1) is 23.7 Å². The summed E-state index contributed by atoms with van der Waals surface area (Å²) >= 11 is 0. The Balaban J connectivity index is 0.0000211. The van der Waals surface area contributed by atoms with Gasteiger partial charge in [-0.05, 0) is 86.5 Å². The van der Waals surface area contributed by atoms with Crippen LogP contribution in [0.5, 0.6) is 0 Å². The van der Waals surface area contributed by atoms with E-state index in [1.54, 1.807) is 0 Å². The zero-order valence-corrected chi connectivity index (χ0v) is 43.3. The molecule has 65 heavy (non-hydrogen) atoms. The van der Waals surface area contributed by atoms with E-state index >= 15 is 0 Å². The third-order valence-corrected chi connectivity index (χ3v) is 12.6. The Morgan fingerprint density at radius 2 is 0.677 bits per heavy atom. The Labute approximate surface area is 413 Å². The minimum absolute atomic E-state index is 0. The van der Waals surface area contributed by atoms with Gasteiger partial charge in [0.25, 0.3) is 0 Å². The summed E-state index contributed by atoms with van der Waals surface area (Å²) in [6.45, 7) is 12.5. The van der Waals surface area contributed by atoms with E-state index in [0.29, 0.717) is 11.4 Å². The summed E-state index contributed by atoms with van der Waals surface area (Å²) in [4.78, 5) is 10.6. The molecule has 2 rings (SSSR count). The van der Waals surface area contributed by atoms with Gasteiger partial charge in [0, 0.05) is 29.3 Å². The molecule has 0 saturated heterocycles. The minimum atomic E-state index is 0. The third kappa shape index (κ3) is 33.9. The van der Waals surface area contributed by atoms with E-state index in [2.05, 4.69) is 99.2 Å². The van der Waals surface area contributed by atoms with E-state index in [4.69, 9.17) is 9.98 Å². The Bertz CT molecular complexity index is 1630. The number of para-hydroxylation sites is 2. The van der Waals surface area contributed by atoms with Gasteiger partial charge in [0.2, 0.25) is 0 Å². The molecule has 2 aromatic rings. The zero-order valence-electron chi connectivity index (χ0n) is 42.3. The second-order valence-corrected chi connectivity index (χ2v) is 18.5. The van der Waals surface area contributed by atoms with Crippen LogP contribution in [0.15, 0.2) is 83.8 Å². The standard InChI is InChI=1S/C62H96N2.Ni/c1-5-9-13-15-17-19-21-23-24-25-26-27-28-29-30-32-34-36-38-40-44-56-62(64-60-54-48-46-52-58(60)50-42-12-8-4)61(63-59-53-47-45-51-57(59)49-41-11-7-3)55-43-39-37-35-33-31-22-20-18-16-14-10-6-2;/h7-8,45-48,51-54H,3-6,9-42,49-50H2,1-2H3;/b63-61+,64-62+;. The molecule has 0 amide bonds. The Morgan fingerprint density at radius 1 is 0.400 bits per heavy atom. The van der Waals surface area contributed by atoms with Gasteiger partial charge in [-0.3, -0.25) is 0 Å². The first-order chi connectivity index (χ1) is 31.7. The van der Waals surface area contributed by atoms with Crippen LogP contribution in [0.2, 0.25) is 0 Å². The fraction of sp³-hybridized carbons (Fsp3) is 0.645. The van der Waals surface area contributed by atoms with Gasteiger partial charge in [-0.2, -0.15) is 0 Å². The van der Waals surface area contributed by atoms with Gasteiger partial charge < -0.3 is 0 Å². The van der Waals surface area contributed by atoms with Crippen LogP contribution in [0.4, 0.5) is 11.4 Å². The number of allylic oxidation sites excluding steroid dienone is 2. The van der Waals surface area contributed by atoms with Crippen LogP contribution in [-0.2, 0) is 29.3 Å². The molecule has 364 valence electrons.